The molecule has 0 aliphatic carbocycles. The first-order chi connectivity index (χ1) is 39.7. The largest absolute Gasteiger partial charge is 0.575 e. The van der Waals surface area contributed by atoms with Crippen LogP contribution in [0.1, 0.15) is 53.6 Å². The van der Waals surface area contributed by atoms with Crippen LogP contribution in [-0.2, 0) is 29.5 Å². The summed E-state index contributed by atoms with van der Waals surface area (Å²) in [6.07, 6.45) is 8.49. The van der Waals surface area contributed by atoms with E-state index in [0.29, 0.717) is 69.4 Å². The lowest BCUT2D eigenvalue weighted by Crippen LogP contribution is -2.13. The molecule has 82 heavy (non-hydrogen) atoms. The van der Waals surface area contributed by atoms with Crippen LogP contribution in [0.2, 0.25) is 10.0 Å². The summed E-state index contributed by atoms with van der Waals surface area (Å²) in [6, 6.07) is 42.2. The zero-order chi connectivity index (χ0) is 57.8. The van der Waals surface area contributed by atoms with E-state index in [1.54, 1.807) is 60.7 Å². The number of benzene rings is 6. The first kappa shape index (κ1) is 60.1. The van der Waals surface area contributed by atoms with Crippen LogP contribution < -0.4 is 25.4 Å². The number of halogens is 5. The second kappa shape index (κ2) is 29.7. The molecule has 3 N–H and O–H groups in total. The molecule has 0 unspecified atom stereocenters. The molecule has 0 fully saturated rings. The van der Waals surface area contributed by atoms with Crippen molar-refractivity contribution in [2.45, 2.75) is 45.8 Å². The molecule has 0 saturated heterocycles. The van der Waals surface area contributed by atoms with Crippen molar-refractivity contribution in [3.63, 3.8) is 0 Å². The lowest BCUT2D eigenvalue weighted by molar-refractivity contribution is 0.110. The minimum Gasteiger partial charge on any atom is -0.575 e. The average Bonchev–Trinajstić information content (AvgIpc) is 4.20. The Morgan fingerprint density at radius 3 is 1.67 bits per heavy atom. The fourth-order valence-electron chi connectivity index (χ4n) is 8.21. The SMILES string of the molecule is CCNCCCCc1ccc(-c2ccc3ncnc(Nc4ccc(OCc5cccc(F)c5)c(Cl)c4)c3c2)o1.CS(=O)(=O)CCC[N-]Cl.O=Cc1ccc(-c2ccc3ncnc(Nc4ccc(OCc5cccc(F)c5)c(Cl)c4)c3c2)o1. The number of hydrogen-bond donors (Lipinski definition) is 3. The molecule has 0 amide bonds. The number of hydrogen-bond acceptors (Lipinski definition) is 14. The summed E-state index contributed by atoms with van der Waals surface area (Å²) in [7, 11) is -2.82. The lowest BCUT2D eigenvalue weighted by atomic mass is 10.1. The average molecular weight is 1190 g/mol. The van der Waals surface area contributed by atoms with E-state index in [9.17, 15) is 22.0 Å². The minimum atomic E-state index is -2.82. The van der Waals surface area contributed by atoms with Crippen molar-refractivity contribution in [3.8, 4) is 34.1 Å². The molecule has 4 aromatic heterocycles. The van der Waals surface area contributed by atoms with Gasteiger partial charge in [-0.25, -0.2) is 37.1 Å². The van der Waals surface area contributed by atoms with Crippen LogP contribution >= 0.6 is 35.0 Å². The first-order valence-corrected chi connectivity index (χ1v) is 29.1. The highest BCUT2D eigenvalue weighted by Crippen LogP contribution is 2.35. The number of unbranched alkanes of at least 4 members (excludes halogenated alkanes) is 1. The Balaban J connectivity index is 0.000000188. The number of nitrogens with zero attached hydrogens (tertiary/aromatic N) is 5. The van der Waals surface area contributed by atoms with E-state index in [0.717, 1.165) is 88.1 Å². The zero-order valence-corrected chi connectivity index (χ0v) is 47.6. The van der Waals surface area contributed by atoms with Crippen molar-refractivity contribution in [2.24, 2.45) is 0 Å². The van der Waals surface area contributed by atoms with Crippen LogP contribution in [0.25, 0.3) is 49.3 Å². The molecular formula is C61H56Cl3F2N8O7S-. The van der Waals surface area contributed by atoms with Crippen LogP contribution in [0.5, 0.6) is 11.5 Å². The van der Waals surface area contributed by atoms with Gasteiger partial charge in [0.25, 0.3) is 0 Å². The number of carbonyl (C=O) groups excluding carboxylic acids is 1. The predicted molar refractivity (Wildman–Crippen MR) is 321 cm³/mol. The second-order valence-electron chi connectivity index (χ2n) is 18.5. The number of carbonyl (C=O) groups is 1. The Morgan fingerprint density at radius 1 is 0.634 bits per heavy atom. The first-order valence-electron chi connectivity index (χ1n) is 25.9. The topological polar surface area (TPSA) is 198 Å². The number of fused-ring (bicyclic) bond motifs is 2. The van der Waals surface area contributed by atoms with Gasteiger partial charge in [-0.15, -0.1) is 6.54 Å². The van der Waals surface area contributed by atoms with Crippen molar-refractivity contribution in [3.05, 3.63) is 207 Å². The number of anilines is 4. The molecule has 6 aromatic carbocycles. The van der Waals surface area contributed by atoms with Crippen LogP contribution in [0.3, 0.4) is 0 Å². The van der Waals surface area contributed by atoms with E-state index in [1.165, 1.54) is 43.2 Å². The summed E-state index contributed by atoms with van der Waals surface area (Å²) in [4.78, 5) is 31.8. The van der Waals surface area contributed by atoms with Gasteiger partial charge in [-0.2, -0.15) is 0 Å². The fraction of sp³-hybridized carbons (Fsp3) is 0.197. The Kier molecular flexibility index (Phi) is 21.7. The highest BCUT2D eigenvalue weighted by atomic mass is 35.5. The van der Waals surface area contributed by atoms with E-state index >= 15 is 0 Å². The molecule has 0 spiro atoms. The zero-order valence-electron chi connectivity index (χ0n) is 44.6. The third-order valence-corrected chi connectivity index (χ3v) is 14.0. The number of ether oxygens (including phenoxy) is 2. The summed E-state index contributed by atoms with van der Waals surface area (Å²) in [6.45, 7) is 4.97. The van der Waals surface area contributed by atoms with Crippen molar-refractivity contribution in [1.82, 2.24) is 25.3 Å². The van der Waals surface area contributed by atoms with E-state index in [-0.39, 0.29) is 36.4 Å². The quantitative estimate of drug-likeness (QED) is 0.0404. The number of sulfone groups is 1. The molecule has 0 saturated carbocycles. The third kappa shape index (κ3) is 17.8. The van der Waals surface area contributed by atoms with Gasteiger partial charge < -0.3 is 39.1 Å². The Bertz CT molecular complexity index is 3870. The number of aldehydes is 1. The monoisotopic (exact) mass is 1190 g/mol. The van der Waals surface area contributed by atoms with Gasteiger partial charge in [0.1, 0.15) is 87.8 Å². The Labute approximate surface area is 488 Å². The third-order valence-electron chi connectivity index (χ3n) is 12.2. The number of aryl methyl sites for hydroxylation is 1. The molecule has 21 heteroatoms. The van der Waals surface area contributed by atoms with Gasteiger partial charge in [0, 0.05) is 51.7 Å². The van der Waals surface area contributed by atoms with Crippen molar-refractivity contribution in [2.75, 3.05) is 42.3 Å². The van der Waals surface area contributed by atoms with E-state index in [2.05, 4.69) is 47.6 Å². The number of rotatable bonds is 23. The molecule has 10 aromatic rings. The molecule has 0 atom stereocenters. The van der Waals surface area contributed by atoms with Gasteiger partial charge >= 0.3 is 0 Å². The summed E-state index contributed by atoms with van der Waals surface area (Å²) in [5.74, 6) is 4.41. The molecule has 424 valence electrons. The van der Waals surface area contributed by atoms with Crippen molar-refractivity contribution >= 4 is 95.9 Å². The molecule has 4 heterocycles. The van der Waals surface area contributed by atoms with Gasteiger partial charge in [-0.3, -0.25) is 16.6 Å². The van der Waals surface area contributed by atoms with E-state index in [1.807, 2.05) is 60.7 Å². The van der Waals surface area contributed by atoms with Gasteiger partial charge in [0.05, 0.1) is 21.1 Å². The molecular weight excluding hydrogens is 1130 g/mol. The van der Waals surface area contributed by atoms with Gasteiger partial charge in [-0.1, -0.05) is 60.8 Å². The number of aromatic nitrogens is 4. The van der Waals surface area contributed by atoms with Crippen LogP contribution in [-0.4, -0.2) is 66.3 Å². The van der Waals surface area contributed by atoms with Gasteiger partial charge in [0.15, 0.2) is 12.0 Å². The van der Waals surface area contributed by atoms with Crippen LogP contribution in [0.4, 0.5) is 31.8 Å². The highest BCUT2D eigenvalue weighted by Gasteiger charge is 2.14. The molecule has 0 bridgehead atoms. The maximum Gasteiger partial charge on any atom is 0.185 e. The summed E-state index contributed by atoms with van der Waals surface area (Å²) in [5, 5.41) is 12.4. The van der Waals surface area contributed by atoms with Gasteiger partial charge in [-0.05, 0) is 158 Å². The van der Waals surface area contributed by atoms with E-state index in [4.69, 9.17) is 53.3 Å². The molecule has 0 aliphatic rings. The Morgan fingerprint density at radius 2 is 1.18 bits per heavy atom. The molecule has 10 rings (SSSR count). The summed E-state index contributed by atoms with van der Waals surface area (Å²) < 4.78 is 70.9. The number of nitrogens with one attached hydrogen (secondary N) is 3. The maximum absolute atomic E-state index is 13.4. The summed E-state index contributed by atoms with van der Waals surface area (Å²) in [5.41, 5.74) is 6.19. The minimum absolute atomic E-state index is 0.170. The Hall–Kier alpha value is -7.97. The van der Waals surface area contributed by atoms with Crippen LogP contribution in [0.15, 0.2) is 167 Å². The van der Waals surface area contributed by atoms with Crippen molar-refractivity contribution < 1.29 is 40.3 Å². The smallest absolute Gasteiger partial charge is 0.185 e. The van der Waals surface area contributed by atoms with Crippen molar-refractivity contribution in [1.29, 1.82) is 0 Å². The molecule has 0 aliphatic heterocycles. The van der Waals surface area contributed by atoms with Gasteiger partial charge in [0.2, 0.25) is 0 Å². The maximum atomic E-state index is 13.4. The normalized spacial score (nSPS) is 11.1. The molecule has 0 radical (unpaired) electrons. The van der Waals surface area contributed by atoms with Crippen LogP contribution in [0, 0.1) is 11.6 Å². The van der Waals surface area contributed by atoms with E-state index < -0.39 is 9.84 Å². The second-order valence-corrected chi connectivity index (χ2v) is 21.8. The highest BCUT2D eigenvalue weighted by molar-refractivity contribution is 7.90. The summed E-state index contributed by atoms with van der Waals surface area (Å²) >= 11 is 17.9. The molecule has 15 nitrogen and oxygen atoms in total. The predicted octanol–water partition coefficient (Wildman–Crippen LogP) is 15.7. The lowest BCUT2D eigenvalue weighted by Gasteiger charge is -2.12. The fourth-order valence-corrected chi connectivity index (χ4v) is 9.45. The number of furan rings is 2. The standard InChI is InChI=1S/C31H30ClFN4O2.C26H17ClFN3O3.C4H9ClNO2S/c1-2-34-15-4-3-8-25-11-14-29(39-25)22-9-12-28-26(17-22)31(36-20-35-28)37-24-10-13-30(27(32)18-24)38-19-21-6-5-7-23(33)16-21;27-22-12-19(5-8-25(22)33-14-16-2-1-3-18(28)10-16)31-26-21-11-17(4-7-23(21)29-15-30-26)24-9-6-20(13-32)34-24;1-9(7,8)4-2-3-6-5/h5-7,9-14,16-18,20,34H,2-4,8,15,19H2,1H3,(H,35,36,37);1-13,15H,14H2,(H,29,30,31);2-4H2,1H3/q;;-1.